The van der Waals surface area contributed by atoms with Crippen LogP contribution >= 0.6 is 0 Å². The first-order valence-electron chi connectivity index (χ1n) is 8.96. The third-order valence-electron chi connectivity index (χ3n) is 4.89. The van der Waals surface area contributed by atoms with Crippen LogP contribution in [0.5, 0.6) is 5.75 Å². The molecule has 2 aromatic heterocycles. The highest BCUT2D eigenvalue weighted by Gasteiger charge is 2.27. The summed E-state index contributed by atoms with van der Waals surface area (Å²) < 4.78 is 16.9. The molecule has 0 spiro atoms. The van der Waals surface area contributed by atoms with Crippen molar-refractivity contribution in [2.45, 2.75) is 39.0 Å². The van der Waals surface area contributed by atoms with Crippen molar-refractivity contribution in [2.24, 2.45) is 5.92 Å². The van der Waals surface area contributed by atoms with Gasteiger partial charge in [0, 0.05) is 0 Å². The summed E-state index contributed by atoms with van der Waals surface area (Å²) in [6, 6.07) is 8.72. The molecule has 1 aromatic carbocycles. The Morgan fingerprint density at radius 3 is 2.69 bits per heavy atom. The molecule has 1 aliphatic carbocycles. The quantitative estimate of drug-likeness (QED) is 0.630. The predicted molar refractivity (Wildman–Crippen MR) is 97.1 cm³/mol. The van der Waals surface area contributed by atoms with Crippen LogP contribution in [0, 0.1) is 12.8 Å². The first-order valence-corrected chi connectivity index (χ1v) is 8.96. The van der Waals surface area contributed by atoms with Gasteiger partial charge in [0.1, 0.15) is 5.58 Å². The van der Waals surface area contributed by atoms with Crippen molar-refractivity contribution in [3.05, 3.63) is 52.4 Å². The SMILES string of the molecule is Cc1ccc2oc(-c3ccco3)c(OC(=O)C3CCCCC3)c(=O)c2c1. The summed E-state index contributed by atoms with van der Waals surface area (Å²) >= 11 is 0. The van der Waals surface area contributed by atoms with E-state index in [-0.39, 0.29) is 28.8 Å². The van der Waals surface area contributed by atoms with Crippen LogP contribution in [-0.2, 0) is 4.79 Å². The lowest BCUT2D eigenvalue weighted by molar-refractivity contribution is -0.140. The molecule has 134 valence electrons. The maximum Gasteiger partial charge on any atom is 0.314 e. The molecule has 4 rings (SSSR count). The first kappa shape index (κ1) is 16.6. The number of aryl methyl sites for hydroxylation is 1. The van der Waals surface area contributed by atoms with Gasteiger partial charge in [-0.1, -0.05) is 30.9 Å². The molecule has 0 radical (unpaired) electrons. The fourth-order valence-electron chi connectivity index (χ4n) is 3.48. The van der Waals surface area contributed by atoms with Gasteiger partial charge < -0.3 is 13.6 Å². The Kier molecular flexibility index (Phi) is 4.37. The van der Waals surface area contributed by atoms with E-state index in [2.05, 4.69) is 0 Å². The number of furan rings is 1. The van der Waals surface area contributed by atoms with Gasteiger partial charge in [-0.25, -0.2) is 0 Å². The Labute approximate surface area is 150 Å². The normalized spacial score (nSPS) is 15.3. The number of carbonyl (C=O) groups is 1. The Morgan fingerprint density at radius 1 is 1.15 bits per heavy atom. The topological polar surface area (TPSA) is 69.7 Å². The van der Waals surface area contributed by atoms with Crippen LogP contribution in [0.1, 0.15) is 37.7 Å². The molecule has 0 atom stereocenters. The van der Waals surface area contributed by atoms with E-state index < -0.39 is 0 Å². The van der Waals surface area contributed by atoms with Gasteiger partial charge in [0.25, 0.3) is 0 Å². The molecule has 26 heavy (non-hydrogen) atoms. The average molecular weight is 352 g/mol. The standard InChI is InChI=1S/C21H20O5/c1-13-9-10-16-15(12-13)18(22)20(19(25-16)17-8-5-11-24-17)26-21(23)14-6-3-2-4-7-14/h5,8-12,14H,2-4,6-7H2,1H3. The largest absolute Gasteiger partial charge is 0.461 e. The Balaban J connectivity index is 1.82. The summed E-state index contributed by atoms with van der Waals surface area (Å²) in [4.78, 5) is 25.6. The Morgan fingerprint density at radius 2 is 1.96 bits per heavy atom. The molecule has 5 heteroatoms. The van der Waals surface area contributed by atoms with Crippen LogP contribution < -0.4 is 10.2 Å². The highest BCUT2D eigenvalue weighted by molar-refractivity contribution is 5.84. The molecule has 1 saturated carbocycles. The number of hydrogen-bond donors (Lipinski definition) is 0. The minimum atomic E-state index is -0.364. The molecule has 1 fully saturated rings. The smallest absolute Gasteiger partial charge is 0.314 e. The molecular formula is C21H20O5. The first-order chi connectivity index (χ1) is 12.6. The van der Waals surface area contributed by atoms with E-state index in [9.17, 15) is 9.59 Å². The van der Waals surface area contributed by atoms with Gasteiger partial charge in [-0.2, -0.15) is 0 Å². The van der Waals surface area contributed by atoms with E-state index in [1.165, 1.54) is 6.26 Å². The molecule has 0 unspecified atom stereocenters. The van der Waals surface area contributed by atoms with Gasteiger partial charge in [-0.3, -0.25) is 9.59 Å². The van der Waals surface area contributed by atoms with Crippen molar-refractivity contribution in [3.8, 4) is 17.3 Å². The van der Waals surface area contributed by atoms with E-state index >= 15 is 0 Å². The molecule has 3 aromatic rings. The van der Waals surface area contributed by atoms with Gasteiger partial charge >= 0.3 is 5.97 Å². The lowest BCUT2D eigenvalue weighted by Crippen LogP contribution is -2.25. The van der Waals surface area contributed by atoms with Crippen LogP contribution in [0.4, 0.5) is 0 Å². The van der Waals surface area contributed by atoms with Crippen LogP contribution in [0.15, 0.2) is 50.2 Å². The van der Waals surface area contributed by atoms with Gasteiger partial charge in [-0.05, 0) is 44.0 Å². The van der Waals surface area contributed by atoms with E-state index in [1.54, 1.807) is 24.3 Å². The van der Waals surface area contributed by atoms with Crippen molar-refractivity contribution < 1.29 is 18.4 Å². The zero-order valence-electron chi connectivity index (χ0n) is 14.6. The Hall–Kier alpha value is -2.82. The molecule has 0 saturated heterocycles. The number of carbonyl (C=O) groups excluding carboxylic acids is 1. The second-order valence-corrected chi connectivity index (χ2v) is 6.82. The summed E-state index contributed by atoms with van der Waals surface area (Å²) in [6.45, 7) is 1.90. The van der Waals surface area contributed by atoms with Crippen LogP contribution in [0.3, 0.4) is 0 Å². The molecule has 5 nitrogen and oxygen atoms in total. The second kappa shape index (κ2) is 6.83. The highest BCUT2D eigenvalue weighted by atomic mass is 16.5. The zero-order chi connectivity index (χ0) is 18.1. The van der Waals surface area contributed by atoms with Crippen molar-refractivity contribution in [3.63, 3.8) is 0 Å². The lowest BCUT2D eigenvalue weighted by Gasteiger charge is -2.20. The minimum Gasteiger partial charge on any atom is -0.461 e. The van der Waals surface area contributed by atoms with Gasteiger partial charge in [0.15, 0.2) is 5.76 Å². The molecule has 2 heterocycles. The summed E-state index contributed by atoms with van der Waals surface area (Å²) in [7, 11) is 0. The van der Waals surface area contributed by atoms with Crippen LogP contribution in [0.2, 0.25) is 0 Å². The average Bonchev–Trinajstić information content (AvgIpc) is 3.19. The number of esters is 1. The molecule has 1 aliphatic rings. The lowest BCUT2D eigenvalue weighted by atomic mass is 9.89. The van der Waals surface area contributed by atoms with E-state index in [4.69, 9.17) is 13.6 Å². The third-order valence-corrected chi connectivity index (χ3v) is 4.89. The third kappa shape index (κ3) is 3.05. The molecule has 0 aliphatic heterocycles. The summed E-state index contributed by atoms with van der Waals surface area (Å²) in [5.41, 5.74) is 1.01. The van der Waals surface area contributed by atoms with Crippen LogP contribution in [0.25, 0.3) is 22.5 Å². The zero-order valence-corrected chi connectivity index (χ0v) is 14.6. The number of ether oxygens (including phenoxy) is 1. The molecule has 0 N–H and O–H groups in total. The van der Waals surface area contributed by atoms with Crippen molar-refractivity contribution in [2.75, 3.05) is 0 Å². The number of rotatable bonds is 3. The number of hydrogen-bond acceptors (Lipinski definition) is 5. The Bertz CT molecular complexity index is 991. The number of benzene rings is 1. The molecular weight excluding hydrogens is 332 g/mol. The maximum atomic E-state index is 13.0. The minimum absolute atomic E-state index is 0.0892. The van der Waals surface area contributed by atoms with Crippen molar-refractivity contribution in [1.29, 1.82) is 0 Å². The fourth-order valence-corrected chi connectivity index (χ4v) is 3.48. The summed E-state index contributed by atoms with van der Waals surface area (Å²) in [5, 5.41) is 0.395. The van der Waals surface area contributed by atoms with E-state index in [1.807, 2.05) is 13.0 Å². The maximum absolute atomic E-state index is 13.0. The summed E-state index contributed by atoms with van der Waals surface area (Å²) in [6.07, 6.45) is 6.24. The molecule has 0 amide bonds. The van der Waals surface area contributed by atoms with Gasteiger partial charge in [0.05, 0.1) is 17.6 Å². The van der Waals surface area contributed by atoms with Gasteiger partial charge in [-0.15, -0.1) is 0 Å². The van der Waals surface area contributed by atoms with E-state index in [0.29, 0.717) is 16.7 Å². The van der Waals surface area contributed by atoms with E-state index in [0.717, 1.165) is 37.7 Å². The predicted octanol–water partition coefficient (Wildman–Crippen LogP) is 4.85. The van der Waals surface area contributed by atoms with Crippen LogP contribution in [-0.4, -0.2) is 5.97 Å². The van der Waals surface area contributed by atoms with Crippen molar-refractivity contribution >= 4 is 16.9 Å². The number of fused-ring (bicyclic) bond motifs is 1. The molecule has 0 bridgehead atoms. The van der Waals surface area contributed by atoms with Gasteiger partial charge in [0.2, 0.25) is 16.9 Å². The monoisotopic (exact) mass is 352 g/mol. The fraction of sp³-hybridized carbons (Fsp3) is 0.333. The summed E-state index contributed by atoms with van der Waals surface area (Å²) in [5.74, 6) is -0.109. The second-order valence-electron chi connectivity index (χ2n) is 6.82. The van der Waals surface area contributed by atoms with Crippen molar-refractivity contribution in [1.82, 2.24) is 0 Å². The highest BCUT2D eigenvalue weighted by Crippen LogP contribution is 2.33.